The van der Waals surface area contributed by atoms with Crippen molar-refractivity contribution in [3.8, 4) is 5.75 Å². The standard InChI is InChI=1S/C14H19NO4/c1-9(2)10-4-5-12(19-3)11(8-10)6-7-15-13(16)14(17)18/h4-5,8-9H,6-7H2,1-3H3,(H,15,16)(H,17,18). The summed E-state index contributed by atoms with van der Waals surface area (Å²) in [6.07, 6.45) is 0.531. The van der Waals surface area contributed by atoms with Crippen LogP contribution in [0, 0.1) is 0 Å². The van der Waals surface area contributed by atoms with Crippen LogP contribution in [0.5, 0.6) is 5.75 Å². The minimum absolute atomic E-state index is 0.267. The summed E-state index contributed by atoms with van der Waals surface area (Å²) >= 11 is 0. The zero-order valence-corrected chi connectivity index (χ0v) is 11.4. The fourth-order valence-electron chi connectivity index (χ4n) is 1.74. The van der Waals surface area contributed by atoms with Gasteiger partial charge in [-0.15, -0.1) is 0 Å². The van der Waals surface area contributed by atoms with E-state index in [1.807, 2.05) is 18.2 Å². The van der Waals surface area contributed by atoms with Crippen molar-refractivity contribution in [2.24, 2.45) is 0 Å². The molecule has 0 heterocycles. The van der Waals surface area contributed by atoms with E-state index in [9.17, 15) is 9.59 Å². The van der Waals surface area contributed by atoms with Crippen molar-refractivity contribution in [1.29, 1.82) is 0 Å². The van der Waals surface area contributed by atoms with Crippen LogP contribution in [0.25, 0.3) is 0 Å². The Morgan fingerprint density at radius 3 is 2.58 bits per heavy atom. The quantitative estimate of drug-likeness (QED) is 0.792. The van der Waals surface area contributed by atoms with Gasteiger partial charge >= 0.3 is 11.9 Å². The Kier molecular flexibility index (Phi) is 5.36. The zero-order valence-electron chi connectivity index (χ0n) is 11.4. The maximum Gasteiger partial charge on any atom is 0.394 e. The number of hydrogen-bond donors (Lipinski definition) is 2. The molecule has 19 heavy (non-hydrogen) atoms. The monoisotopic (exact) mass is 265 g/mol. The van der Waals surface area contributed by atoms with Gasteiger partial charge in [0.1, 0.15) is 5.75 Å². The van der Waals surface area contributed by atoms with Crippen LogP contribution >= 0.6 is 0 Å². The number of aliphatic carboxylic acids is 1. The van der Waals surface area contributed by atoms with Gasteiger partial charge in [0, 0.05) is 6.54 Å². The lowest BCUT2D eigenvalue weighted by atomic mass is 9.99. The number of nitrogens with one attached hydrogen (secondary N) is 1. The van der Waals surface area contributed by atoms with Crippen molar-refractivity contribution < 1.29 is 19.4 Å². The van der Waals surface area contributed by atoms with Crippen LogP contribution in [0.15, 0.2) is 18.2 Å². The Bertz CT molecular complexity index is 469. The highest BCUT2D eigenvalue weighted by Gasteiger charge is 2.11. The first kappa shape index (κ1) is 15.0. The molecule has 0 aliphatic heterocycles. The molecule has 2 N–H and O–H groups in total. The van der Waals surface area contributed by atoms with Crippen LogP contribution in [-0.4, -0.2) is 30.6 Å². The van der Waals surface area contributed by atoms with Gasteiger partial charge in [-0.25, -0.2) is 4.79 Å². The molecule has 0 bridgehead atoms. The molecule has 0 unspecified atom stereocenters. The highest BCUT2D eigenvalue weighted by atomic mass is 16.5. The van der Waals surface area contributed by atoms with E-state index in [2.05, 4.69) is 19.2 Å². The number of rotatable bonds is 5. The van der Waals surface area contributed by atoms with Gasteiger partial charge in [0.2, 0.25) is 0 Å². The molecule has 1 aromatic rings. The molecule has 0 spiro atoms. The van der Waals surface area contributed by atoms with Crippen LogP contribution in [0.1, 0.15) is 30.9 Å². The second kappa shape index (κ2) is 6.78. The number of amides is 1. The number of carbonyl (C=O) groups is 2. The number of methoxy groups -OCH3 is 1. The molecule has 5 heteroatoms. The third-order valence-corrected chi connectivity index (χ3v) is 2.85. The van der Waals surface area contributed by atoms with Crippen LogP contribution in [0.3, 0.4) is 0 Å². The number of ether oxygens (including phenoxy) is 1. The summed E-state index contributed by atoms with van der Waals surface area (Å²) in [7, 11) is 1.59. The van der Waals surface area contributed by atoms with Crippen molar-refractivity contribution in [3.05, 3.63) is 29.3 Å². The first-order valence-corrected chi connectivity index (χ1v) is 6.13. The third kappa shape index (κ3) is 4.28. The van der Waals surface area contributed by atoms with Gasteiger partial charge in [-0.05, 0) is 29.5 Å². The Balaban J connectivity index is 2.72. The predicted molar refractivity (Wildman–Crippen MR) is 71.4 cm³/mol. The van der Waals surface area contributed by atoms with E-state index < -0.39 is 11.9 Å². The molecule has 0 aliphatic carbocycles. The number of benzene rings is 1. The maximum atomic E-state index is 10.9. The molecule has 0 saturated carbocycles. The Morgan fingerprint density at radius 1 is 1.37 bits per heavy atom. The van der Waals surface area contributed by atoms with Gasteiger partial charge in [0.05, 0.1) is 7.11 Å². The molecule has 104 valence electrons. The summed E-state index contributed by atoms with van der Waals surface area (Å²) in [4.78, 5) is 21.3. The van der Waals surface area contributed by atoms with Gasteiger partial charge in [-0.3, -0.25) is 4.79 Å². The van der Waals surface area contributed by atoms with E-state index in [1.54, 1.807) is 7.11 Å². The molecule has 0 aromatic heterocycles. The lowest BCUT2D eigenvalue weighted by molar-refractivity contribution is -0.150. The van der Waals surface area contributed by atoms with E-state index in [1.165, 1.54) is 5.56 Å². The van der Waals surface area contributed by atoms with Crippen LogP contribution < -0.4 is 10.1 Å². The third-order valence-electron chi connectivity index (χ3n) is 2.85. The highest BCUT2D eigenvalue weighted by Crippen LogP contribution is 2.24. The summed E-state index contributed by atoms with van der Waals surface area (Å²) in [6.45, 7) is 4.46. The second-order valence-corrected chi connectivity index (χ2v) is 4.54. The summed E-state index contributed by atoms with van der Waals surface area (Å²) < 4.78 is 5.26. The fraction of sp³-hybridized carbons (Fsp3) is 0.429. The largest absolute Gasteiger partial charge is 0.496 e. The molecule has 1 aromatic carbocycles. The lowest BCUT2D eigenvalue weighted by Gasteiger charge is -2.12. The molecule has 0 atom stereocenters. The fourth-order valence-corrected chi connectivity index (χ4v) is 1.74. The van der Waals surface area contributed by atoms with Crippen molar-refractivity contribution in [2.45, 2.75) is 26.2 Å². The van der Waals surface area contributed by atoms with Gasteiger partial charge < -0.3 is 15.2 Å². The molecular weight excluding hydrogens is 246 g/mol. The number of carbonyl (C=O) groups excluding carboxylic acids is 1. The molecule has 0 saturated heterocycles. The van der Waals surface area contributed by atoms with Gasteiger partial charge in [0.15, 0.2) is 0 Å². The average molecular weight is 265 g/mol. The predicted octanol–water partition coefficient (Wildman–Crippen LogP) is 1.56. The molecule has 0 radical (unpaired) electrons. The SMILES string of the molecule is COc1ccc(C(C)C)cc1CCNC(=O)C(=O)O. The van der Waals surface area contributed by atoms with Crippen LogP contribution in [0.2, 0.25) is 0 Å². The van der Waals surface area contributed by atoms with Crippen molar-refractivity contribution in [3.63, 3.8) is 0 Å². The summed E-state index contributed by atoms with van der Waals surface area (Å²) in [5.41, 5.74) is 2.14. The highest BCUT2D eigenvalue weighted by molar-refractivity contribution is 6.31. The van der Waals surface area contributed by atoms with Crippen molar-refractivity contribution in [1.82, 2.24) is 5.32 Å². The summed E-state index contributed by atoms with van der Waals surface area (Å²) in [5, 5.41) is 10.8. The maximum absolute atomic E-state index is 10.9. The normalized spacial score (nSPS) is 10.3. The summed E-state index contributed by atoms with van der Waals surface area (Å²) in [6, 6.07) is 5.92. The minimum atomic E-state index is -1.47. The smallest absolute Gasteiger partial charge is 0.394 e. The minimum Gasteiger partial charge on any atom is -0.496 e. The van der Waals surface area contributed by atoms with Gasteiger partial charge in [0.25, 0.3) is 0 Å². The van der Waals surface area contributed by atoms with E-state index in [4.69, 9.17) is 9.84 Å². The average Bonchev–Trinajstić information content (AvgIpc) is 2.38. The van der Waals surface area contributed by atoms with E-state index in [-0.39, 0.29) is 6.54 Å². The van der Waals surface area contributed by atoms with Crippen molar-refractivity contribution >= 4 is 11.9 Å². The van der Waals surface area contributed by atoms with E-state index >= 15 is 0 Å². The Labute approximate surface area is 112 Å². The number of carboxylic acid groups (broad SMARTS) is 1. The van der Waals surface area contributed by atoms with E-state index in [0.29, 0.717) is 12.3 Å². The topological polar surface area (TPSA) is 75.6 Å². The zero-order chi connectivity index (χ0) is 14.4. The number of hydrogen-bond acceptors (Lipinski definition) is 3. The van der Waals surface area contributed by atoms with Gasteiger partial charge in [-0.1, -0.05) is 26.0 Å². The Hall–Kier alpha value is -2.04. The summed E-state index contributed by atoms with van der Waals surface area (Å²) in [5.74, 6) is -1.31. The van der Waals surface area contributed by atoms with Gasteiger partial charge in [-0.2, -0.15) is 0 Å². The van der Waals surface area contributed by atoms with Crippen molar-refractivity contribution in [2.75, 3.05) is 13.7 Å². The number of carboxylic acids is 1. The molecule has 5 nitrogen and oxygen atoms in total. The molecular formula is C14H19NO4. The second-order valence-electron chi connectivity index (χ2n) is 4.54. The molecule has 0 aliphatic rings. The molecule has 0 fully saturated rings. The first-order valence-electron chi connectivity index (χ1n) is 6.13. The molecule has 1 rings (SSSR count). The lowest BCUT2D eigenvalue weighted by Crippen LogP contribution is -2.32. The van der Waals surface area contributed by atoms with Crippen LogP contribution in [-0.2, 0) is 16.0 Å². The Morgan fingerprint density at radius 2 is 2.05 bits per heavy atom. The van der Waals surface area contributed by atoms with E-state index in [0.717, 1.165) is 11.3 Å². The molecule has 1 amide bonds. The first-order chi connectivity index (χ1) is 8.95. The van der Waals surface area contributed by atoms with Crippen LogP contribution in [0.4, 0.5) is 0 Å².